The second-order valence-corrected chi connectivity index (χ2v) is 4.06. The molecule has 2 rings (SSSR count). The van der Waals surface area contributed by atoms with Crippen molar-refractivity contribution in [3.63, 3.8) is 0 Å². The first-order valence-corrected chi connectivity index (χ1v) is 5.72. The SMILES string of the molecule is NCc1cc(F)c(Oc2cc(F)ccc2[N+](=O)[O-])c(F)c1. The molecule has 0 aliphatic carbocycles. The second kappa shape index (κ2) is 5.80. The van der Waals surface area contributed by atoms with Crippen LogP contribution in [0.2, 0.25) is 0 Å². The molecule has 2 aromatic rings. The lowest BCUT2D eigenvalue weighted by Crippen LogP contribution is -2.01. The maximum Gasteiger partial charge on any atom is 0.311 e. The summed E-state index contributed by atoms with van der Waals surface area (Å²) in [5.41, 5.74) is 4.83. The van der Waals surface area contributed by atoms with Gasteiger partial charge >= 0.3 is 5.69 Å². The average Bonchev–Trinajstić information content (AvgIpc) is 2.42. The monoisotopic (exact) mass is 298 g/mol. The summed E-state index contributed by atoms with van der Waals surface area (Å²) in [6.45, 7) is -0.0891. The summed E-state index contributed by atoms with van der Waals surface area (Å²) < 4.78 is 45.4. The smallest absolute Gasteiger partial charge is 0.311 e. The molecule has 0 amide bonds. The Labute approximate surface area is 116 Å². The number of ether oxygens (including phenoxy) is 1. The third-order valence-corrected chi connectivity index (χ3v) is 2.62. The molecular formula is C13H9F3N2O3. The van der Waals surface area contributed by atoms with Crippen molar-refractivity contribution in [3.05, 3.63) is 63.5 Å². The Morgan fingerprint density at radius 1 is 1.14 bits per heavy atom. The van der Waals surface area contributed by atoms with Gasteiger partial charge in [-0.05, 0) is 23.8 Å². The zero-order valence-corrected chi connectivity index (χ0v) is 10.5. The number of benzene rings is 2. The van der Waals surface area contributed by atoms with Crippen LogP contribution in [0.25, 0.3) is 0 Å². The molecule has 0 saturated carbocycles. The molecule has 0 aliphatic heterocycles. The average molecular weight is 298 g/mol. The van der Waals surface area contributed by atoms with E-state index in [0.717, 1.165) is 24.3 Å². The van der Waals surface area contributed by atoms with Crippen LogP contribution < -0.4 is 10.5 Å². The number of hydrogen-bond acceptors (Lipinski definition) is 4. The zero-order valence-electron chi connectivity index (χ0n) is 10.5. The van der Waals surface area contributed by atoms with Crippen molar-refractivity contribution < 1.29 is 22.8 Å². The van der Waals surface area contributed by atoms with Gasteiger partial charge < -0.3 is 10.5 Å². The highest BCUT2D eigenvalue weighted by Gasteiger charge is 2.20. The molecule has 0 radical (unpaired) electrons. The van der Waals surface area contributed by atoms with Crippen molar-refractivity contribution in [2.45, 2.75) is 6.54 Å². The molecule has 2 aromatic carbocycles. The minimum absolute atomic E-state index is 0.0891. The van der Waals surface area contributed by atoms with Gasteiger partial charge in [0.1, 0.15) is 5.82 Å². The molecule has 5 nitrogen and oxygen atoms in total. The van der Waals surface area contributed by atoms with E-state index in [-0.39, 0.29) is 12.1 Å². The van der Waals surface area contributed by atoms with Gasteiger partial charge in [0.2, 0.25) is 5.75 Å². The maximum absolute atomic E-state index is 13.7. The molecule has 0 heterocycles. The van der Waals surface area contributed by atoms with Crippen molar-refractivity contribution in [2.75, 3.05) is 0 Å². The molecule has 0 saturated heterocycles. The summed E-state index contributed by atoms with van der Waals surface area (Å²) >= 11 is 0. The van der Waals surface area contributed by atoms with Crippen LogP contribution in [0, 0.1) is 27.6 Å². The van der Waals surface area contributed by atoms with E-state index >= 15 is 0 Å². The summed E-state index contributed by atoms with van der Waals surface area (Å²) in [6, 6.07) is 4.23. The van der Waals surface area contributed by atoms with Crippen LogP contribution >= 0.6 is 0 Å². The fourth-order valence-electron chi connectivity index (χ4n) is 1.66. The van der Waals surface area contributed by atoms with Crippen molar-refractivity contribution in [1.82, 2.24) is 0 Å². The normalized spacial score (nSPS) is 10.5. The predicted molar refractivity (Wildman–Crippen MR) is 67.4 cm³/mol. The van der Waals surface area contributed by atoms with E-state index in [9.17, 15) is 23.3 Å². The Morgan fingerprint density at radius 2 is 1.76 bits per heavy atom. The van der Waals surface area contributed by atoms with Crippen LogP contribution in [0.1, 0.15) is 5.56 Å². The third kappa shape index (κ3) is 3.11. The number of nitro benzene ring substituents is 1. The first kappa shape index (κ1) is 14.8. The van der Waals surface area contributed by atoms with Gasteiger partial charge in [0.05, 0.1) is 4.92 Å². The number of halogens is 3. The third-order valence-electron chi connectivity index (χ3n) is 2.62. The molecule has 8 heteroatoms. The highest BCUT2D eigenvalue weighted by atomic mass is 19.1. The molecular weight excluding hydrogens is 289 g/mol. The highest BCUT2D eigenvalue weighted by Crippen LogP contribution is 2.34. The highest BCUT2D eigenvalue weighted by molar-refractivity contribution is 5.49. The Balaban J connectivity index is 2.48. The fourth-order valence-corrected chi connectivity index (χ4v) is 1.66. The van der Waals surface area contributed by atoms with Gasteiger partial charge in [-0.15, -0.1) is 0 Å². The summed E-state index contributed by atoms with van der Waals surface area (Å²) in [6.07, 6.45) is 0. The minimum atomic E-state index is -1.09. The summed E-state index contributed by atoms with van der Waals surface area (Å²) in [5.74, 6) is -4.47. The van der Waals surface area contributed by atoms with Gasteiger partial charge in [-0.25, -0.2) is 13.2 Å². The maximum atomic E-state index is 13.7. The van der Waals surface area contributed by atoms with E-state index in [1.807, 2.05) is 0 Å². The molecule has 0 fully saturated rings. The van der Waals surface area contributed by atoms with Crippen LogP contribution in [-0.2, 0) is 6.54 Å². The van der Waals surface area contributed by atoms with Gasteiger partial charge in [-0.2, -0.15) is 0 Å². The van der Waals surface area contributed by atoms with E-state index < -0.39 is 39.6 Å². The molecule has 0 spiro atoms. The van der Waals surface area contributed by atoms with E-state index in [1.54, 1.807) is 0 Å². The Kier molecular flexibility index (Phi) is 4.08. The van der Waals surface area contributed by atoms with Gasteiger partial charge in [-0.1, -0.05) is 0 Å². The predicted octanol–water partition coefficient (Wildman–Crippen LogP) is 3.26. The quantitative estimate of drug-likeness (QED) is 0.694. The van der Waals surface area contributed by atoms with E-state index in [2.05, 4.69) is 0 Å². The number of hydrogen-bond donors (Lipinski definition) is 1. The standard InChI is InChI=1S/C13H9F3N2O3/c14-8-1-2-11(18(19)20)12(5-8)21-13-9(15)3-7(6-17)4-10(13)16/h1-5H,6,17H2. The van der Waals surface area contributed by atoms with Crippen LogP contribution in [0.4, 0.5) is 18.9 Å². The molecule has 0 bridgehead atoms. The van der Waals surface area contributed by atoms with Gasteiger partial charge in [0, 0.05) is 18.7 Å². The van der Waals surface area contributed by atoms with Crippen LogP contribution in [-0.4, -0.2) is 4.92 Å². The fraction of sp³-hybridized carbons (Fsp3) is 0.0769. The lowest BCUT2D eigenvalue weighted by atomic mass is 10.2. The van der Waals surface area contributed by atoms with Gasteiger partial charge in [0.15, 0.2) is 17.4 Å². The van der Waals surface area contributed by atoms with Crippen LogP contribution in [0.3, 0.4) is 0 Å². The lowest BCUT2D eigenvalue weighted by molar-refractivity contribution is -0.385. The number of nitrogens with zero attached hydrogens (tertiary/aromatic N) is 1. The number of nitrogens with two attached hydrogens (primary N) is 1. The van der Waals surface area contributed by atoms with Crippen molar-refractivity contribution in [2.24, 2.45) is 5.73 Å². The molecule has 21 heavy (non-hydrogen) atoms. The topological polar surface area (TPSA) is 78.4 Å². The Morgan fingerprint density at radius 3 is 2.29 bits per heavy atom. The Hall–Kier alpha value is -2.61. The minimum Gasteiger partial charge on any atom is -0.444 e. The molecule has 0 atom stereocenters. The number of rotatable bonds is 4. The first-order valence-electron chi connectivity index (χ1n) is 5.72. The first-order chi connectivity index (χ1) is 9.92. The molecule has 0 aromatic heterocycles. The molecule has 0 unspecified atom stereocenters. The van der Waals surface area contributed by atoms with Crippen molar-refractivity contribution >= 4 is 5.69 Å². The van der Waals surface area contributed by atoms with E-state index in [1.165, 1.54) is 0 Å². The number of nitro groups is 1. The van der Waals surface area contributed by atoms with Crippen LogP contribution in [0.15, 0.2) is 30.3 Å². The Bertz CT molecular complexity index is 684. The zero-order chi connectivity index (χ0) is 15.6. The summed E-state index contributed by atoms with van der Waals surface area (Å²) in [7, 11) is 0. The van der Waals surface area contributed by atoms with E-state index in [4.69, 9.17) is 10.5 Å². The van der Waals surface area contributed by atoms with Gasteiger partial charge in [-0.3, -0.25) is 10.1 Å². The largest absolute Gasteiger partial charge is 0.444 e. The second-order valence-electron chi connectivity index (χ2n) is 4.06. The van der Waals surface area contributed by atoms with Crippen LogP contribution in [0.5, 0.6) is 11.5 Å². The molecule has 2 N–H and O–H groups in total. The molecule has 0 aliphatic rings. The summed E-state index contributed by atoms with van der Waals surface area (Å²) in [5, 5.41) is 10.8. The van der Waals surface area contributed by atoms with Crippen molar-refractivity contribution in [3.8, 4) is 11.5 Å². The summed E-state index contributed by atoms with van der Waals surface area (Å²) in [4.78, 5) is 9.94. The van der Waals surface area contributed by atoms with E-state index in [0.29, 0.717) is 6.07 Å². The lowest BCUT2D eigenvalue weighted by Gasteiger charge is -2.09. The molecule has 110 valence electrons. The van der Waals surface area contributed by atoms with Gasteiger partial charge in [0.25, 0.3) is 0 Å². The van der Waals surface area contributed by atoms with Crippen molar-refractivity contribution in [1.29, 1.82) is 0 Å².